The molecule has 0 bridgehead atoms. The summed E-state index contributed by atoms with van der Waals surface area (Å²) in [6.45, 7) is 4.51. The molecule has 0 saturated heterocycles. The zero-order valence-electron chi connectivity index (χ0n) is 8.45. The van der Waals surface area contributed by atoms with Gasteiger partial charge in [-0.25, -0.2) is 0 Å². The van der Waals surface area contributed by atoms with Gasteiger partial charge in [0, 0.05) is 0 Å². The molecule has 0 spiro atoms. The van der Waals surface area contributed by atoms with Crippen molar-refractivity contribution in [3.05, 3.63) is 12.2 Å². The second kappa shape index (κ2) is 5.05. The molecule has 0 aliphatic heterocycles. The number of hydrogen-bond donors (Lipinski definition) is 0. The molecule has 0 aromatic rings. The first-order chi connectivity index (χ1) is 6.27. The fraction of sp³-hybridized carbons (Fsp3) is 0.727. The Morgan fingerprint density at radius 1 is 1.38 bits per heavy atom. The molecule has 1 aliphatic rings. The van der Waals surface area contributed by atoms with Crippen LogP contribution in [0.2, 0.25) is 0 Å². The van der Waals surface area contributed by atoms with E-state index in [4.69, 9.17) is 4.74 Å². The minimum atomic E-state index is -0.0618. The van der Waals surface area contributed by atoms with E-state index in [0.717, 1.165) is 12.8 Å². The smallest absolute Gasteiger partial charge is 0.312 e. The molecule has 0 radical (unpaired) electrons. The minimum Gasteiger partial charge on any atom is -0.466 e. The zero-order valence-corrected chi connectivity index (χ0v) is 8.45. The number of esters is 1. The Balaban J connectivity index is 2.42. The average molecular weight is 182 g/mol. The van der Waals surface area contributed by atoms with Gasteiger partial charge in [-0.3, -0.25) is 4.79 Å². The summed E-state index contributed by atoms with van der Waals surface area (Å²) in [6.07, 6.45) is 7.41. The molecule has 1 rings (SSSR count). The highest BCUT2D eigenvalue weighted by atomic mass is 16.5. The van der Waals surface area contributed by atoms with Crippen molar-refractivity contribution in [1.82, 2.24) is 0 Å². The van der Waals surface area contributed by atoms with Crippen LogP contribution >= 0.6 is 0 Å². The van der Waals surface area contributed by atoms with Gasteiger partial charge < -0.3 is 4.74 Å². The molecular formula is C11H18O2. The highest BCUT2D eigenvalue weighted by Crippen LogP contribution is 2.24. The van der Waals surface area contributed by atoms with E-state index < -0.39 is 0 Å². The third kappa shape index (κ3) is 2.87. The largest absolute Gasteiger partial charge is 0.466 e. The normalized spacial score (nSPS) is 27.2. The van der Waals surface area contributed by atoms with Crippen LogP contribution < -0.4 is 0 Å². The SMILES string of the molecule is CCOC(=O)C1C=CC(CC)CC1. The summed E-state index contributed by atoms with van der Waals surface area (Å²) in [5, 5.41) is 0. The highest BCUT2D eigenvalue weighted by Gasteiger charge is 2.21. The third-order valence-corrected chi connectivity index (χ3v) is 2.58. The summed E-state index contributed by atoms with van der Waals surface area (Å²) in [4.78, 5) is 11.3. The van der Waals surface area contributed by atoms with Crippen molar-refractivity contribution in [2.24, 2.45) is 11.8 Å². The van der Waals surface area contributed by atoms with Crippen LogP contribution in [0.3, 0.4) is 0 Å². The van der Waals surface area contributed by atoms with E-state index in [1.165, 1.54) is 6.42 Å². The first kappa shape index (κ1) is 10.3. The van der Waals surface area contributed by atoms with Crippen LogP contribution in [-0.2, 0) is 9.53 Å². The molecule has 74 valence electrons. The molecule has 0 amide bonds. The molecule has 2 unspecified atom stereocenters. The molecule has 0 aromatic heterocycles. The predicted octanol–water partition coefficient (Wildman–Crippen LogP) is 2.54. The first-order valence-electron chi connectivity index (χ1n) is 5.12. The van der Waals surface area contributed by atoms with E-state index in [1.54, 1.807) is 0 Å². The molecule has 2 atom stereocenters. The van der Waals surface area contributed by atoms with Gasteiger partial charge in [0.15, 0.2) is 0 Å². The van der Waals surface area contributed by atoms with Crippen LogP contribution in [0.25, 0.3) is 0 Å². The number of allylic oxidation sites excluding steroid dienone is 1. The van der Waals surface area contributed by atoms with Gasteiger partial charge in [0.05, 0.1) is 12.5 Å². The molecule has 0 heterocycles. The van der Waals surface area contributed by atoms with Crippen LogP contribution in [0.4, 0.5) is 0 Å². The fourth-order valence-corrected chi connectivity index (χ4v) is 1.66. The van der Waals surface area contributed by atoms with E-state index in [0.29, 0.717) is 12.5 Å². The van der Waals surface area contributed by atoms with Gasteiger partial charge >= 0.3 is 5.97 Å². The van der Waals surface area contributed by atoms with Gasteiger partial charge in [-0.1, -0.05) is 19.1 Å². The van der Waals surface area contributed by atoms with E-state index in [2.05, 4.69) is 13.0 Å². The Morgan fingerprint density at radius 2 is 2.15 bits per heavy atom. The van der Waals surface area contributed by atoms with E-state index in [9.17, 15) is 4.79 Å². The van der Waals surface area contributed by atoms with E-state index >= 15 is 0 Å². The monoisotopic (exact) mass is 182 g/mol. The maximum absolute atomic E-state index is 11.3. The topological polar surface area (TPSA) is 26.3 Å². The number of carbonyl (C=O) groups excluding carboxylic acids is 1. The Bertz CT molecular complexity index is 196. The van der Waals surface area contributed by atoms with Crippen LogP contribution in [0.1, 0.15) is 33.1 Å². The fourth-order valence-electron chi connectivity index (χ4n) is 1.66. The van der Waals surface area contributed by atoms with Crippen LogP contribution in [0, 0.1) is 11.8 Å². The standard InChI is InChI=1S/C11H18O2/c1-3-9-5-7-10(8-6-9)11(12)13-4-2/h5,7,9-10H,3-4,6,8H2,1-2H3. The second-order valence-electron chi connectivity index (χ2n) is 3.49. The predicted molar refractivity (Wildman–Crippen MR) is 52.3 cm³/mol. The summed E-state index contributed by atoms with van der Waals surface area (Å²) >= 11 is 0. The summed E-state index contributed by atoms with van der Waals surface area (Å²) in [5.41, 5.74) is 0. The lowest BCUT2D eigenvalue weighted by molar-refractivity contribution is -0.146. The Morgan fingerprint density at radius 3 is 2.62 bits per heavy atom. The molecule has 0 aromatic carbocycles. The maximum atomic E-state index is 11.3. The molecule has 1 aliphatic carbocycles. The van der Waals surface area contributed by atoms with Crippen molar-refractivity contribution in [2.45, 2.75) is 33.1 Å². The molecule has 0 fully saturated rings. The van der Waals surface area contributed by atoms with Gasteiger partial charge in [0.25, 0.3) is 0 Å². The van der Waals surface area contributed by atoms with Crippen molar-refractivity contribution >= 4 is 5.97 Å². The second-order valence-corrected chi connectivity index (χ2v) is 3.49. The van der Waals surface area contributed by atoms with E-state index in [1.807, 2.05) is 13.0 Å². The summed E-state index contributed by atoms with van der Waals surface area (Å²) in [7, 11) is 0. The lowest BCUT2D eigenvalue weighted by atomic mass is 9.87. The van der Waals surface area contributed by atoms with Crippen molar-refractivity contribution in [2.75, 3.05) is 6.61 Å². The number of rotatable bonds is 3. The van der Waals surface area contributed by atoms with Crippen LogP contribution in [0.5, 0.6) is 0 Å². The van der Waals surface area contributed by atoms with Crippen molar-refractivity contribution in [1.29, 1.82) is 0 Å². The van der Waals surface area contributed by atoms with Crippen LogP contribution in [0.15, 0.2) is 12.2 Å². The Hall–Kier alpha value is -0.790. The summed E-state index contributed by atoms with van der Waals surface area (Å²) < 4.78 is 4.96. The summed E-state index contributed by atoms with van der Waals surface area (Å²) in [6, 6.07) is 0. The number of hydrogen-bond acceptors (Lipinski definition) is 2. The Labute approximate surface area is 80.0 Å². The minimum absolute atomic E-state index is 0.0164. The van der Waals surface area contributed by atoms with Gasteiger partial charge in [-0.2, -0.15) is 0 Å². The summed E-state index contributed by atoms with van der Waals surface area (Å²) in [5.74, 6) is 0.627. The molecule has 2 heteroatoms. The number of ether oxygens (including phenoxy) is 1. The quantitative estimate of drug-likeness (QED) is 0.495. The zero-order chi connectivity index (χ0) is 9.68. The van der Waals surface area contributed by atoms with Gasteiger partial charge in [0.1, 0.15) is 0 Å². The molecule has 0 N–H and O–H groups in total. The number of carbonyl (C=O) groups is 1. The van der Waals surface area contributed by atoms with Crippen LogP contribution in [-0.4, -0.2) is 12.6 Å². The maximum Gasteiger partial charge on any atom is 0.312 e. The van der Waals surface area contributed by atoms with Crippen molar-refractivity contribution in [3.8, 4) is 0 Å². The molecule has 2 nitrogen and oxygen atoms in total. The molecule has 13 heavy (non-hydrogen) atoms. The van der Waals surface area contributed by atoms with E-state index in [-0.39, 0.29) is 11.9 Å². The van der Waals surface area contributed by atoms with Crippen molar-refractivity contribution < 1.29 is 9.53 Å². The first-order valence-corrected chi connectivity index (χ1v) is 5.12. The van der Waals surface area contributed by atoms with Crippen molar-refractivity contribution in [3.63, 3.8) is 0 Å². The lowest BCUT2D eigenvalue weighted by Gasteiger charge is -2.20. The lowest BCUT2D eigenvalue weighted by Crippen LogP contribution is -2.19. The van der Waals surface area contributed by atoms with Gasteiger partial charge in [-0.05, 0) is 32.1 Å². The molecular weight excluding hydrogens is 164 g/mol. The molecule has 0 saturated carbocycles. The highest BCUT2D eigenvalue weighted by molar-refractivity contribution is 5.74. The average Bonchev–Trinajstić information content (AvgIpc) is 2.18. The van der Waals surface area contributed by atoms with Gasteiger partial charge in [-0.15, -0.1) is 0 Å². The van der Waals surface area contributed by atoms with Gasteiger partial charge in [0.2, 0.25) is 0 Å². The third-order valence-electron chi connectivity index (χ3n) is 2.58. The Kier molecular flexibility index (Phi) is 4.00.